The highest BCUT2D eigenvalue weighted by Gasteiger charge is 2.16. The van der Waals surface area contributed by atoms with Crippen molar-refractivity contribution in [1.29, 1.82) is 0 Å². The maximum atomic E-state index is 4.67. The van der Waals surface area contributed by atoms with Gasteiger partial charge in [0.1, 0.15) is 11.7 Å². The molecule has 0 atom stereocenters. The monoisotopic (exact) mass is 398 g/mol. The number of aliphatic imine (C=N–C) groups is 1. The summed E-state index contributed by atoms with van der Waals surface area (Å²) in [5, 5.41) is 7.95. The molecule has 0 unspecified atom stereocenters. The van der Waals surface area contributed by atoms with Crippen molar-refractivity contribution in [2.45, 2.75) is 13.1 Å². The minimum Gasteiger partial charge on any atom is -0.337 e. The lowest BCUT2D eigenvalue weighted by atomic mass is 10.1. The molecule has 3 aromatic rings. The number of hydrogen-bond acceptors (Lipinski definition) is 4. The van der Waals surface area contributed by atoms with E-state index < -0.39 is 0 Å². The number of aromatic nitrogens is 3. The number of rotatable bonds is 6. The van der Waals surface area contributed by atoms with E-state index in [9.17, 15) is 0 Å². The van der Waals surface area contributed by atoms with Crippen LogP contribution in [0.25, 0.3) is 5.57 Å². The van der Waals surface area contributed by atoms with Gasteiger partial charge in [-0.3, -0.25) is 14.7 Å². The van der Waals surface area contributed by atoms with E-state index in [1.165, 1.54) is 5.56 Å². The first kappa shape index (κ1) is 19.4. The summed E-state index contributed by atoms with van der Waals surface area (Å²) in [6, 6.07) is 14.2. The fourth-order valence-corrected chi connectivity index (χ4v) is 3.24. The van der Waals surface area contributed by atoms with Gasteiger partial charge in [0.15, 0.2) is 0 Å². The second-order valence-corrected chi connectivity index (χ2v) is 6.99. The predicted octanol–water partition coefficient (Wildman–Crippen LogP) is 4.07. The molecule has 0 fully saturated rings. The lowest BCUT2D eigenvalue weighted by molar-refractivity contribution is 0.535. The Morgan fingerprint density at radius 2 is 2.00 bits per heavy atom. The van der Waals surface area contributed by atoms with E-state index in [-0.39, 0.29) is 1.43 Å². The number of hydrogen-bond donors (Lipinski definition) is 1. The summed E-state index contributed by atoms with van der Waals surface area (Å²) in [6.07, 6.45) is 13.3. The molecule has 0 amide bonds. The van der Waals surface area contributed by atoms with Gasteiger partial charge in [-0.25, -0.2) is 0 Å². The van der Waals surface area contributed by atoms with Crippen LogP contribution in [0.1, 0.15) is 18.1 Å². The zero-order valence-electron chi connectivity index (χ0n) is 16.9. The van der Waals surface area contributed by atoms with Crippen LogP contribution in [0.3, 0.4) is 0 Å². The average Bonchev–Trinajstić information content (AvgIpc) is 3.24. The summed E-state index contributed by atoms with van der Waals surface area (Å²) >= 11 is 0. The number of pyridine rings is 1. The fourth-order valence-electron chi connectivity index (χ4n) is 3.24. The second kappa shape index (κ2) is 9.05. The number of nitrogens with zero attached hydrogens (tertiary/aromatic N) is 5. The summed E-state index contributed by atoms with van der Waals surface area (Å²) in [5.74, 6) is 1.71. The maximum Gasteiger partial charge on any atom is 0.128 e. The highest BCUT2D eigenvalue weighted by molar-refractivity contribution is 5.96. The van der Waals surface area contributed by atoms with Gasteiger partial charge >= 0.3 is 0 Å². The molecule has 4 rings (SSSR count). The van der Waals surface area contributed by atoms with E-state index in [1.54, 1.807) is 6.20 Å². The first-order valence-electron chi connectivity index (χ1n) is 9.78. The predicted molar refractivity (Wildman–Crippen MR) is 122 cm³/mol. The van der Waals surface area contributed by atoms with Crippen LogP contribution < -0.4 is 5.32 Å². The van der Waals surface area contributed by atoms with Crippen LogP contribution in [0.5, 0.6) is 0 Å². The normalized spacial score (nSPS) is 16.4. The van der Waals surface area contributed by atoms with Crippen LogP contribution in [-0.4, -0.2) is 32.5 Å². The zero-order valence-corrected chi connectivity index (χ0v) is 16.9. The summed E-state index contributed by atoms with van der Waals surface area (Å²) in [5.41, 5.74) is 4.24. The minimum atomic E-state index is 0. The summed E-state index contributed by atoms with van der Waals surface area (Å²) < 4.78 is 1.94. The Morgan fingerprint density at radius 1 is 1.17 bits per heavy atom. The molecule has 2 aromatic heterocycles. The Morgan fingerprint density at radius 3 is 2.77 bits per heavy atom. The second-order valence-electron chi connectivity index (χ2n) is 6.99. The molecule has 6 nitrogen and oxygen atoms in total. The Labute approximate surface area is 178 Å². The molecule has 30 heavy (non-hydrogen) atoms. The van der Waals surface area contributed by atoms with E-state index in [1.807, 2.05) is 83.9 Å². The van der Waals surface area contributed by atoms with Gasteiger partial charge in [0.05, 0.1) is 19.3 Å². The third-order valence-corrected chi connectivity index (χ3v) is 4.80. The topological polar surface area (TPSA) is 58.3 Å². The van der Waals surface area contributed by atoms with Gasteiger partial charge in [0, 0.05) is 44.4 Å². The molecule has 0 bridgehead atoms. The summed E-state index contributed by atoms with van der Waals surface area (Å²) in [7, 11) is 1.99. The van der Waals surface area contributed by atoms with Crippen molar-refractivity contribution in [2.75, 3.05) is 7.05 Å². The van der Waals surface area contributed by atoms with E-state index >= 15 is 0 Å². The van der Waals surface area contributed by atoms with Crippen LogP contribution >= 0.6 is 0 Å². The maximum absolute atomic E-state index is 4.67. The molecule has 152 valence electrons. The van der Waals surface area contributed by atoms with Gasteiger partial charge < -0.3 is 10.2 Å². The molecular weight excluding hydrogens is 372 g/mol. The Bertz CT molecular complexity index is 1100. The molecule has 6 heteroatoms. The minimum absolute atomic E-state index is 0. The molecule has 0 saturated heterocycles. The molecule has 0 spiro atoms. The fraction of sp³-hybridized carbons (Fsp3) is 0.125. The van der Waals surface area contributed by atoms with Crippen LogP contribution in [0.15, 0.2) is 103 Å². The molecular formula is C24H26N6. The molecule has 1 N–H and O–H groups in total. The van der Waals surface area contributed by atoms with Gasteiger partial charge in [-0.2, -0.15) is 5.10 Å². The van der Waals surface area contributed by atoms with Crippen molar-refractivity contribution in [3.63, 3.8) is 0 Å². The van der Waals surface area contributed by atoms with E-state index in [4.69, 9.17) is 0 Å². The Kier molecular flexibility index (Phi) is 5.85. The standard InChI is InChI=1S/C24H24N6.H2/c1-3-22(21-16-27-30(18-21)17-19-8-5-4-6-9-19)24-28-23(11-13-29(24)2)26-15-20-10-7-12-25-14-20;/h3-14,16,18H,1,15,17H2,2H3,(H,26,28);1H/b24-22+;. The summed E-state index contributed by atoms with van der Waals surface area (Å²) in [6.45, 7) is 5.31. The van der Waals surface area contributed by atoms with Crippen LogP contribution in [0, 0.1) is 0 Å². The number of allylic oxidation sites excluding steroid dienone is 2. The van der Waals surface area contributed by atoms with Crippen molar-refractivity contribution < 1.29 is 1.43 Å². The lowest BCUT2D eigenvalue weighted by Gasteiger charge is -2.26. The van der Waals surface area contributed by atoms with Gasteiger partial charge in [0.2, 0.25) is 0 Å². The van der Waals surface area contributed by atoms with Crippen molar-refractivity contribution in [3.05, 3.63) is 115 Å². The largest absolute Gasteiger partial charge is 0.337 e. The first-order valence-corrected chi connectivity index (χ1v) is 9.78. The molecule has 0 saturated carbocycles. The van der Waals surface area contributed by atoms with Gasteiger partial charge in [-0.1, -0.05) is 49.1 Å². The highest BCUT2D eigenvalue weighted by Crippen LogP contribution is 2.22. The van der Waals surface area contributed by atoms with Crippen LogP contribution in [0.4, 0.5) is 0 Å². The van der Waals surface area contributed by atoms with E-state index in [2.05, 4.69) is 39.1 Å². The van der Waals surface area contributed by atoms with Gasteiger partial charge in [-0.05, 0) is 23.3 Å². The molecule has 0 radical (unpaired) electrons. The van der Waals surface area contributed by atoms with Crippen molar-refractivity contribution >= 4 is 11.4 Å². The van der Waals surface area contributed by atoms with Crippen molar-refractivity contribution in [2.24, 2.45) is 4.99 Å². The smallest absolute Gasteiger partial charge is 0.128 e. The third kappa shape index (κ3) is 4.55. The highest BCUT2D eigenvalue weighted by atomic mass is 15.3. The quantitative estimate of drug-likeness (QED) is 0.680. The number of nitrogens with one attached hydrogen (secondary N) is 1. The third-order valence-electron chi connectivity index (χ3n) is 4.80. The van der Waals surface area contributed by atoms with E-state index in [0.29, 0.717) is 6.54 Å². The molecule has 0 aliphatic carbocycles. The Balaban J connectivity index is 0.00000272. The Hall–Kier alpha value is -3.93. The molecule has 3 heterocycles. The lowest BCUT2D eigenvalue weighted by Crippen LogP contribution is -2.34. The van der Waals surface area contributed by atoms with Crippen LogP contribution in [0.2, 0.25) is 0 Å². The van der Waals surface area contributed by atoms with Gasteiger partial charge in [0.25, 0.3) is 0 Å². The van der Waals surface area contributed by atoms with Gasteiger partial charge in [-0.15, -0.1) is 0 Å². The molecule has 1 aliphatic rings. The van der Waals surface area contributed by atoms with Crippen LogP contribution in [-0.2, 0) is 13.1 Å². The zero-order chi connectivity index (χ0) is 20.8. The number of benzene rings is 1. The van der Waals surface area contributed by atoms with E-state index in [0.717, 1.165) is 34.9 Å². The van der Waals surface area contributed by atoms with Crippen molar-refractivity contribution in [1.82, 2.24) is 25.0 Å². The average molecular weight is 399 g/mol. The summed E-state index contributed by atoms with van der Waals surface area (Å²) in [4.78, 5) is 10.8. The SMILES string of the molecule is C=C/C(=C1/NC(=NCc2cccnc2)C=CN1C)c1cnn(Cc2ccccc2)c1.[HH]. The number of amidine groups is 1. The molecule has 1 aromatic carbocycles. The van der Waals surface area contributed by atoms with Crippen molar-refractivity contribution in [3.8, 4) is 0 Å². The first-order chi connectivity index (χ1) is 14.7. The molecule has 1 aliphatic heterocycles.